The standard InChI is InChI=1S/C30H30FN3O5S/c1-38-24-10-9-23(26(31)18-24)19-33-13-15-34(16-14-33)30(35)25-11-8-21(17-27(25)39-2)20-40(36,37)28-7-3-5-22-6-4-12-32-29(22)28/h3-12,17-18H,13-16,19-20H2,1-2H3. The van der Waals surface area contributed by atoms with Crippen LogP contribution in [0.25, 0.3) is 10.9 Å². The number of carbonyl (C=O) groups excluding carboxylic acids is 1. The minimum atomic E-state index is -3.71. The van der Waals surface area contributed by atoms with Gasteiger partial charge in [-0.25, -0.2) is 12.8 Å². The summed E-state index contributed by atoms with van der Waals surface area (Å²) < 4.78 is 51.6. The van der Waals surface area contributed by atoms with E-state index in [-0.39, 0.29) is 22.4 Å². The molecule has 0 saturated carbocycles. The van der Waals surface area contributed by atoms with Crippen molar-refractivity contribution in [2.24, 2.45) is 0 Å². The fourth-order valence-electron chi connectivity index (χ4n) is 4.93. The average Bonchev–Trinajstić information content (AvgIpc) is 2.97. The Morgan fingerprint density at radius 3 is 2.45 bits per heavy atom. The molecule has 0 radical (unpaired) electrons. The van der Waals surface area contributed by atoms with Gasteiger partial charge >= 0.3 is 0 Å². The fraction of sp³-hybridized carbons (Fsp3) is 0.267. The second-order valence-corrected chi connectivity index (χ2v) is 11.6. The lowest BCUT2D eigenvalue weighted by Crippen LogP contribution is -2.48. The monoisotopic (exact) mass is 563 g/mol. The molecule has 0 bridgehead atoms. The normalized spacial score (nSPS) is 14.3. The number of sulfone groups is 1. The van der Waals surface area contributed by atoms with Crippen LogP contribution in [0.2, 0.25) is 0 Å². The Labute approximate surface area is 232 Å². The van der Waals surface area contributed by atoms with Crippen LogP contribution in [0.5, 0.6) is 11.5 Å². The highest BCUT2D eigenvalue weighted by molar-refractivity contribution is 7.90. The Morgan fingerprint density at radius 1 is 0.950 bits per heavy atom. The average molecular weight is 564 g/mol. The Kier molecular flexibility index (Phi) is 7.99. The van der Waals surface area contributed by atoms with E-state index >= 15 is 0 Å². The lowest BCUT2D eigenvalue weighted by atomic mass is 10.1. The van der Waals surface area contributed by atoms with Crippen molar-refractivity contribution in [2.45, 2.75) is 17.2 Å². The maximum atomic E-state index is 14.4. The van der Waals surface area contributed by atoms with Gasteiger partial charge in [0.15, 0.2) is 9.84 Å². The van der Waals surface area contributed by atoms with Crippen molar-refractivity contribution in [3.05, 3.63) is 95.4 Å². The predicted molar refractivity (Wildman–Crippen MR) is 150 cm³/mol. The van der Waals surface area contributed by atoms with E-state index in [9.17, 15) is 17.6 Å². The summed E-state index contributed by atoms with van der Waals surface area (Å²) in [7, 11) is -0.752. The molecule has 1 aromatic heterocycles. The van der Waals surface area contributed by atoms with E-state index in [1.807, 2.05) is 12.1 Å². The second kappa shape index (κ2) is 11.6. The zero-order chi connectivity index (χ0) is 28.3. The molecule has 0 spiro atoms. The van der Waals surface area contributed by atoms with E-state index in [0.29, 0.717) is 66.4 Å². The molecule has 0 unspecified atom stereocenters. The Morgan fingerprint density at radius 2 is 1.73 bits per heavy atom. The Bertz CT molecular complexity index is 1650. The topological polar surface area (TPSA) is 89.0 Å². The molecule has 5 rings (SSSR count). The van der Waals surface area contributed by atoms with Gasteiger partial charge in [0.2, 0.25) is 0 Å². The van der Waals surface area contributed by atoms with Gasteiger partial charge in [-0.3, -0.25) is 14.7 Å². The zero-order valence-electron chi connectivity index (χ0n) is 22.3. The van der Waals surface area contributed by atoms with Crippen LogP contribution >= 0.6 is 0 Å². The number of hydrogen-bond acceptors (Lipinski definition) is 7. The minimum Gasteiger partial charge on any atom is -0.497 e. The van der Waals surface area contributed by atoms with Crippen LogP contribution in [-0.2, 0) is 22.1 Å². The lowest BCUT2D eigenvalue weighted by Gasteiger charge is -2.35. The summed E-state index contributed by atoms with van der Waals surface area (Å²) in [6.07, 6.45) is 1.57. The molecule has 1 fully saturated rings. The molecule has 1 aliphatic rings. The molecule has 0 atom stereocenters. The molecule has 2 heterocycles. The summed E-state index contributed by atoms with van der Waals surface area (Å²) in [6, 6.07) is 18.4. The van der Waals surface area contributed by atoms with Crippen LogP contribution in [0.15, 0.2) is 77.8 Å². The van der Waals surface area contributed by atoms with Crippen LogP contribution in [0.4, 0.5) is 4.39 Å². The van der Waals surface area contributed by atoms with Crippen LogP contribution in [0.3, 0.4) is 0 Å². The molecule has 4 aromatic rings. The number of benzene rings is 3. The molecule has 0 aliphatic carbocycles. The van der Waals surface area contributed by atoms with Gasteiger partial charge in [0.25, 0.3) is 5.91 Å². The quantitative estimate of drug-likeness (QED) is 0.315. The third-order valence-corrected chi connectivity index (χ3v) is 8.81. The largest absolute Gasteiger partial charge is 0.497 e. The van der Waals surface area contributed by atoms with E-state index in [4.69, 9.17) is 9.47 Å². The number of amides is 1. The fourth-order valence-corrected chi connectivity index (χ4v) is 6.45. The van der Waals surface area contributed by atoms with E-state index in [1.165, 1.54) is 20.3 Å². The summed E-state index contributed by atoms with van der Waals surface area (Å²) in [5.74, 6) is 0.0196. The third-order valence-electron chi connectivity index (χ3n) is 7.10. The van der Waals surface area contributed by atoms with Gasteiger partial charge in [-0.1, -0.05) is 30.3 Å². The number of para-hydroxylation sites is 1. The van der Waals surface area contributed by atoms with E-state index < -0.39 is 9.84 Å². The Hall–Kier alpha value is -4.02. The van der Waals surface area contributed by atoms with Crippen molar-refractivity contribution in [1.29, 1.82) is 0 Å². The highest BCUT2D eigenvalue weighted by Gasteiger charge is 2.26. The molecule has 3 aromatic carbocycles. The molecule has 8 nitrogen and oxygen atoms in total. The SMILES string of the molecule is COc1ccc(CN2CCN(C(=O)c3ccc(CS(=O)(=O)c4cccc5cccnc45)cc3OC)CC2)c(F)c1. The van der Waals surface area contributed by atoms with Gasteiger partial charge in [-0.2, -0.15) is 0 Å². The number of hydrogen-bond donors (Lipinski definition) is 0. The molecule has 1 saturated heterocycles. The van der Waals surface area contributed by atoms with Crippen molar-refractivity contribution < 1.29 is 27.1 Å². The highest BCUT2D eigenvalue weighted by Crippen LogP contribution is 2.28. The molecule has 10 heteroatoms. The minimum absolute atomic E-state index is 0.164. The molecule has 0 N–H and O–H groups in total. The van der Waals surface area contributed by atoms with Crippen LogP contribution in [0, 0.1) is 5.82 Å². The van der Waals surface area contributed by atoms with E-state index in [0.717, 1.165) is 5.39 Å². The first-order valence-corrected chi connectivity index (χ1v) is 14.5. The third kappa shape index (κ3) is 5.78. The number of piperazine rings is 1. The number of ether oxygens (including phenoxy) is 2. The molecule has 208 valence electrons. The van der Waals surface area contributed by atoms with Crippen molar-refractivity contribution >= 4 is 26.6 Å². The van der Waals surface area contributed by atoms with Gasteiger partial charge in [0.1, 0.15) is 17.3 Å². The highest BCUT2D eigenvalue weighted by atomic mass is 32.2. The Balaban J connectivity index is 1.26. The summed E-state index contributed by atoms with van der Waals surface area (Å²) >= 11 is 0. The molecule has 1 amide bonds. The predicted octanol–water partition coefficient (Wildman–Crippen LogP) is 4.32. The number of methoxy groups -OCH3 is 2. The number of rotatable bonds is 8. The first-order valence-electron chi connectivity index (χ1n) is 12.9. The maximum absolute atomic E-state index is 14.4. The summed E-state index contributed by atoms with van der Waals surface area (Å²) in [5, 5.41) is 0.747. The summed E-state index contributed by atoms with van der Waals surface area (Å²) in [6.45, 7) is 2.58. The molecule has 1 aliphatic heterocycles. The lowest BCUT2D eigenvalue weighted by molar-refractivity contribution is 0.0624. The van der Waals surface area contributed by atoms with Gasteiger partial charge in [0.05, 0.1) is 35.9 Å². The van der Waals surface area contributed by atoms with Crippen molar-refractivity contribution in [3.63, 3.8) is 0 Å². The van der Waals surface area contributed by atoms with Crippen molar-refractivity contribution in [1.82, 2.24) is 14.8 Å². The number of pyridine rings is 1. The summed E-state index contributed by atoms with van der Waals surface area (Å²) in [4.78, 5) is 21.6. The van der Waals surface area contributed by atoms with Gasteiger partial charge < -0.3 is 14.4 Å². The molecular weight excluding hydrogens is 533 g/mol. The van der Waals surface area contributed by atoms with Crippen LogP contribution in [-0.4, -0.2) is 69.5 Å². The first-order chi connectivity index (χ1) is 19.3. The number of halogens is 1. The van der Waals surface area contributed by atoms with Gasteiger partial charge in [0, 0.05) is 55.9 Å². The number of fused-ring (bicyclic) bond motifs is 1. The van der Waals surface area contributed by atoms with Crippen molar-refractivity contribution in [2.75, 3.05) is 40.4 Å². The second-order valence-electron chi connectivity index (χ2n) is 9.65. The molecular formula is C30H30FN3O5S. The smallest absolute Gasteiger partial charge is 0.257 e. The van der Waals surface area contributed by atoms with Crippen LogP contribution in [0.1, 0.15) is 21.5 Å². The number of aromatic nitrogens is 1. The van der Waals surface area contributed by atoms with Gasteiger partial charge in [-0.05, 0) is 35.9 Å². The molecule has 40 heavy (non-hydrogen) atoms. The van der Waals surface area contributed by atoms with Gasteiger partial charge in [-0.15, -0.1) is 0 Å². The summed E-state index contributed by atoms with van der Waals surface area (Å²) in [5.41, 5.74) is 1.88. The number of carbonyl (C=O) groups is 1. The van der Waals surface area contributed by atoms with Crippen LogP contribution < -0.4 is 9.47 Å². The maximum Gasteiger partial charge on any atom is 0.257 e. The van der Waals surface area contributed by atoms with Crippen molar-refractivity contribution in [3.8, 4) is 11.5 Å². The number of nitrogens with zero attached hydrogens (tertiary/aromatic N) is 3. The van der Waals surface area contributed by atoms with E-state index in [2.05, 4.69) is 9.88 Å². The van der Waals surface area contributed by atoms with E-state index in [1.54, 1.807) is 59.6 Å². The zero-order valence-corrected chi connectivity index (χ0v) is 23.2. The first kappa shape index (κ1) is 27.5.